The van der Waals surface area contributed by atoms with Gasteiger partial charge >= 0.3 is 0 Å². The Morgan fingerprint density at radius 1 is 1.33 bits per heavy atom. The first-order valence-corrected chi connectivity index (χ1v) is 5.14. The van der Waals surface area contributed by atoms with Gasteiger partial charge in [0.15, 0.2) is 0 Å². The highest BCUT2D eigenvalue weighted by Gasteiger charge is 1.95. The maximum Gasteiger partial charge on any atom is 0.0283 e. The zero-order valence-electron chi connectivity index (χ0n) is 7.31. The highest BCUT2D eigenvalue weighted by molar-refractivity contribution is 9.08. The number of rotatable bonds is 3. The third-order valence-electron chi connectivity index (χ3n) is 1.73. The summed E-state index contributed by atoms with van der Waals surface area (Å²) >= 11 is 3.45. The topological polar surface area (TPSA) is 0 Å². The van der Waals surface area contributed by atoms with Crippen molar-refractivity contribution in [2.75, 3.05) is 0 Å². The summed E-state index contributed by atoms with van der Waals surface area (Å²) in [6.07, 6.45) is 2.90. The van der Waals surface area contributed by atoms with Gasteiger partial charge in [0, 0.05) is 5.33 Å². The smallest absolute Gasteiger partial charge is 0.0283 e. The Balaban J connectivity index is 2.97. The Morgan fingerprint density at radius 2 is 2.00 bits per heavy atom. The molecule has 0 fully saturated rings. The predicted octanol–water partition coefficient (Wildman–Crippen LogP) is 3.62. The Bertz CT molecular complexity index is 276. The van der Waals surface area contributed by atoms with Gasteiger partial charge in [0.1, 0.15) is 0 Å². The van der Waals surface area contributed by atoms with Crippen molar-refractivity contribution in [2.24, 2.45) is 0 Å². The van der Waals surface area contributed by atoms with Gasteiger partial charge in [-0.25, -0.2) is 0 Å². The van der Waals surface area contributed by atoms with Crippen molar-refractivity contribution < 1.29 is 0 Å². The molecule has 0 heterocycles. The van der Waals surface area contributed by atoms with Gasteiger partial charge in [0.25, 0.3) is 0 Å². The van der Waals surface area contributed by atoms with Crippen molar-refractivity contribution >= 4 is 15.9 Å². The third kappa shape index (κ3) is 2.49. The summed E-state index contributed by atoms with van der Waals surface area (Å²) in [5, 5.41) is 0.929. The van der Waals surface area contributed by atoms with E-state index in [0.717, 1.165) is 11.8 Å². The first kappa shape index (κ1) is 9.53. The second kappa shape index (κ2) is 4.46. The first-order chi connectivity index (χ1) is 5.76. The van der Waals surface area contributed by atoms with Crippen molar-refractivity contribution in [3.63, 3.8) is 0 Å². The fraction of sp³-hybridized carbons (Fsp3) is 0.273. The van der Waals surface area contributed by atoms with E-state index in [1.165, 1.54) is 16.7 Å². The SMILES string of the molecule is C=CCc1cc(C)cc(CBr)c1. The van der Waals surface area contributed by atoms with Gasteiger partial charge in [0.05, 0.1) is 0 Å². The van der Waals surface area contributed by atoms with E-state index in [2.05, 4.69) is 47.6 Å². The molecule has 0 bridgehead atoms. The van der Waals surface area contributed by atoms with E-state index in [0.29, 0.717) is 0 Å². The molecule has 0 saturated heterocycles. The van der Waals surface area contributed by atoms with Crippen LogP contribution in [0.15, 0.2) is 30.9 Å². The lowest BCUT2D eigenvalue weighted by Gasteiger charge is -2.02. The van der Waals surface area contributed by atoms with Crippen molar-refractivity contribution in [3.05, 3.63) is 47.5 Å². The zero-order valence-corrected chi connectivity index (χ0v) is 8.89. The summed E-state index contributed by atoms with van der Waals surface area (Å²) in [7, 11) is 0. The van der Waals surface area contributed by atoms with Gasteiger partial charge in [-0.05, 0) is 24.5 Å². The Morgan fingerprint density at radius 3 is 2.58 bits per heavy atom. The van der Waals surface area contributed by atoms with E-state index in [-0.39, 0.29) is 0 Å². The van der Waals surface area contributed by atoms with Gasteiger partial charge in [-0.2, -0.15) is 0 Å². The fourth-order valence-corrected chi connectivity index (χ4v) is 1.63. The molecule has 0 aromatic heterocycles. The minimum atomic E-state index is 0.929. The number of hydrogen-bond acceptors (Lipinski definition) is 0. The summed E-state index contributed by atoms with van der Waals surface area (Å²) in [6, 6.07) is 6.61. The van der Waals surface area contributed by atoms with Crippen molar-refractivity contribution in [2.45, 2.75) is 18.7 Å². The van der Waals surface area contributed by atoms with Gasteiger partial charge in [0.2, 0.25) is 0 Å². The Kier molecular flexibility index (Phi) is 3.54. The molecule has 0 aliphatic carbocycles. The summed E-state index contributed by atoms with van der Waals surface area (Å²) in [4.78, 5) is 0. The highest BCUT2D eigenvalue weighted by atomic mass is 79.9. The molecule has 0 amide bonds. The van der Waals surface area contributed by atoms with E-state index >= 15 is 0 Å². The van der Waals surface area contributed by atoms with Crippen LogP contribution in [0.3, 0.4) is 0 Å². The first-order valence-electron chi connectivity index (χ1n) is 4.02. The van der Waals surface area contributed by atoms with Gasteiger partial charge < -0.3 is 0 Å². The second-order valence-electron chi connectivity index (χ2n) is 2.95. The van der Waals surface area contributed by atoms with E-state index in [1.54, 1.807) is 0 Å². The molecule has 0 N–H and O–H groups in total. The van der Waals surface area contributed by atoms with E-state index < -0.39 is 0 Å². The van der Waals surface area contributed by atoms with Gasteiger partial charge in [-0.3, -0.25) is 0 Å². The third-order valence-corrected chi connectivity index (χ3v) is 2.38. The molecule has 64 valence electrons. The van der Waals surface area contributed by atoms with Gasteiger partial charge in [-0.1, -0.05) is 45.8 Å². The lowest BCUT2D eigenvalue weighted by Crippen LogP contribution is -1.86. The number of allylic oxidation sites excluding steroid dienone is 1. The van der Waals surface area contributed by atoms with Crippen LogP contribution in [0.1, 0.15) is 16.7 Å². The van der Waals surface area contributed by atoms with Crippen LogP contribution in [0.4, 0.5) is 0 Å². The number of hydrogen-bond donors (Lipinski definition) is 0. The molecule has 0 nitrogen and oxygen atoms in total. The molecule has 0 aliphatic heterocycles. The van der Waals surface area contributed by atoms with E-state index in [4.69, 9.17) is 0 Å². The Labute approximate surface area is 82.4 Å². The largest absolute Gasteiger partial charge is 0.103 e. The minimum absolute atomic E-state index is 0.929. The molecule has 0 saturated carbocycles. The summed E-state index contributed by atoms with van der Waals surface area (Å²) in [6.45, 7) is 5.85. The standard InChI is InChI=1S/C11H13Br/c1-3-4-10-5-9(2)6-11(7-10)8-12/h3,5-7H,1,4,8H2,2H3. The lowest BCUT2D eigenvalue weighted by molar-refractivity contribution is 1.22. The van der Waals surface area contributed by atoms with Crippen molar-refractivity contribution in [3.8, 4) is 0 Å². The van der Waals surface area contributed by atoms with Crippen LogP contribution < -0.4 is 0 Å². The molecular formula is C11H13Br. The predicted molar refractivity (Wildman–Crippen MR) is 57.7 cm³/mol. The van der Waals surface area contributed by atoms with Crippen molar-refractivity contribution in [1.29, 1.82) is 0 Å². The average molecular weight is 225 g/mol. The monoisotopic (exact) mass is 224 g/mol. The molecule has 1 heteroatoms. The number of aryl methyl sites for hydroxylation is 1. The zero-order chi connectivity index (χ0) is 8.97. The molecule has 0 spiro atoms. The van der Waals surface area contributed by atoms with Crippen LogP contribution in [0, 0.1) is 6.92 Å². The van der Waals surface area contributed by atoms with Crippen LogP contribution in [0.25, 0.3) is 0 Å². The number of benzene rings is 1. The maximum absolute atomic E-state index is 3.73. The molecule has 0 atom stereocenters. The molecular weight excluding hydrogens is 212 g/mol. The minimum Gasteiger partial charge on any atom is -0.103 e. The molecule has 1 rings (SSSR count). The van der Waals surface area contributed by atoms with Crippen LogP contribution >= 0.6 is 15.9 Å². The molecule has 0 unspecified atom stereocenters. The molecule has 0 aliphatic rings. The average Bonchev–Trinajstić information content (AvgIpc) is 2.04. The number of halogens is 1. The highest BCUT2D eigenvalue weighted by Crippen LogP contribution is 2.13. The molecule has 1 aromatic rings. The summed E-state index contributed by atoms with van der Waals surface area (Å²) < 4.78 is 0. The van der Waals surface area contributed by atoms with Crippen LogP contribution in [0.5, 0.6) is 0 Å². The second-order valence-corrected chi connectivity index (χ2v) is 3.51. The molecule has 1 aromatic carbocycles. The number of alkyl halides is 1. The van der Waals surface area contributed by atoms with Gasteiger partial charge in [-0.15, -0.1) is 6.58 Å². The lowest BCUT2D eigenvalue weighted by atomic mass is 10.1. The van der Waals surface area contributed by atoms with E-state index in [9.17, 15) is 0 Å². The summed E-state index contributed by atoms with van der Waals surface area (Å²) in [5.74, 6) is 0. The fourth-order valence-electron chi connectivity index (χ4n) is 1.31. The summed E-state index contributed by atoms with van der Waals surface area (Å²) in [5.41, 5.74) is 4.01. The van der Waals surface area contributed by atoms with Crippen LogP contribution in [-0.2, 0) is 11.8 Å². The Hall–Kier alpha value is -0.560. The van der Waals surface area contributed by atoms with Crippen LogP contribution in [0.2, 0.25) is 0 Å². The molecule has 0 radical (unpaired) electrons. The normalized spacial score (nSPS) is 9.83. The molecule has 12 heavy (non-hydrogen) atoms. The van der Waals surface area contributed by atoms with Crippen LogP contribution in [-0.4, -0.2) is 0 Å². The quantitative estimate of drug-likeness (QED) is 0.544. The van der Waals surface area contributed by atoms with E-state index in [1.807, 2.05) is 6.08 Å². The van der Waals surface area contributed by atoms with Crippen molar-refractivity contribution in [1.82, 2.24) is 0 Å². The maximum atomic E-state index is 3.73.